The molecule has 0 aliphatic heterocycles. The first-order valence-electron chi connectivity index (χ1n) is 5.13. The van der Waals surface area contributed by atoms with Crippen LogP contribution < -0.4 is 0 Å². The lowest BCUT2D eigenvalue weighted by molar-refractivity contribution is 0.960. The molecule has 1 saturated carbocycles. The Morgan fingerprint density at radius 3 is 2.71 bits per heavy atom. The third-order valence-corrected chi connectivity index (χ3v) is 3.09. The molecule has 0 aromatic heterocycles. The lowest BCUT2D eigenvalue weighted by Crippen LogP contribution is -1.91. The summed E-state index contributed by atoms with van der Waals surface area (Å²) < 4.78 is 0. The number of hydrogen-bond donors (Lipinski definition) is 0. The van der Waals surface area contributed by atoms with E-state index >= 15 is 0 Å². The molecule has 1 atom stereocenters. The van der Waals surface area contributed by atoms with E-state index in [0.29, 0.717) is 5.92 Å². The third-order valence-electron chi connectivity index (χ3n) is 2.87. The third kappa shape index (κ3) is 2.01. The van der Waals surface area contributed by atoms with Gasteiger partial charge in [0.15, 0.2) is 0 Å². The van der Waals surface area contributed by atoms with Crippen LogP contribution in [0.3, 0.4) is 0 Å². The maximum absolute atomic E-state index is 6.09. The molecule has 1 unspecified atom stereocenters. The second kappa shape index (κ2) is 3.78. The maximum Gasteiger partial charge on any atom is 0.0411 e. The fraction of sp³-hybridized carbons (Fsp3) is 0.385. The highest BCUT2D eigenvalue weighted by Gasteiger charge is 2.24. The van der Waals surface area contributed by atoms with E-state index in [1.54, 1.807) is 0 Å². The van der Waals surface area contributed by atoms with E-state index < -0.39 is 0 Å². The van der Waals surface area contributed by atoms with Crippen LogP contribution in [0.4, 0.5) is 0 Å². The molecule has 1 aromatic rings. The quantitative estimate of drug-likeness (QED) is 0.639. The smallest absolute Gasteiger partial charge is 0.0411 e. The van der Waals surface area contributed by atoms with Gasteiger partial charge >= 0.3 is 0 Å². The minimum absolute atomic E-state index is 0.395. The van der Waals surface area contributed by atoms with Crippen molar-refractivity contribution in [1.82, 2.24) is 0 Å². The van der Waals surface area contributed by atoms with Crippen LogP contribution in [-0.2, 0) is 0 Å². The van der Waals surface area contributed by atoms with Crippen molar-refractivity contribution in [3.05, 3.63) is 47.0 Å². The Hall–Kier alpha value is -0.750. The SMILES string of the molecule is C=CC(C)c1cc(Cl)cc(C2CC2)c1. The summed E-state index contributed by atoms with van der Waals surface area (Å²) in [5, 5.41) is 0.859. The number of allylic oxidation sites excluding steroid dienone is 1. The minimum Gasteiger partial charge on any atom is -0.102 e. The summed E-state index contributed by atoms with van der Waals surface area (Å²) >= 11 is 6.09. The molecule has 0 amide bonds. The molecular weight excluding hydrogens is 192 g/mol. The zero-order valence-corrected chi connectivity index (χ0v) is 9.22. The van der Waals surface area contributed by atoms with E-state index in [2.05, 4.69) is 25.6 Å². The van der Waals surface area contributed by atoms with Gasteiger partial charge in [-0.15, -0.1) is 6.58 Å². The van der Waals surface area contributed by atoms with Crippen LogP contribution in [0.25, 0.3) is 0 Å². The Kier molecular flexibility index (Phi) is 2.64. The van der Waals surface area contributed by atoms with Gasteiger partial charge in [-0.1, -0.05) is 30.7 Å². The monoisotopic (exact) mass is 206 g/mol. The summed E-state index contributed by atoms with van der Waals surface area (Å²) in [6.07, 6.45) is 4.60. The van der Waals surface area contributed by atoms with Crippen LogP contribution in [0.5, 0.6) is 0 Å². The first kappa shape index (κ1) is 9.79. The van der Waals surface area contributed by atoms with Crippen molar-refractivity contribution in [1.29, 1.82) is 0 Å². The summed E-state index contributed by atoms with van der Waals surface area (Å²) in [7, 11) is 0. The Morgan fingerprint density at radius 2 is 2.14 bits per heavy atom. The van der Waals surface area contributed by atoms with Crippen LogP contribution in [0, 0.1) is 0 Å². The lowest BCUT2D eigenvalue weighted by Gasteiger charge is -2.09. The zero-order chi connectivity index (χ0) is 10.1. The molecule has 0 nitrogen and oxygen atoms in total. The van der Waals surface area contributed by atoms with Gasteiger partial charge in [0.2, 0.25) is 0 Å². The summed E-state index contributed by atoms with van der Waals surface area (Å²) in [5.74, 6) is 1.16. The summed E-state index contributed by atoms with van der Waals surface area (Å²) in [5.41, 5.74) is 2.69. The Morgan fingerprint density at radius 1 is 1.43 bits per heavy atom. The van der Waals surface area contributed by atoms with Gasteiger partial charge in [-0.05, 0) is 47.9 Å². The van der Waals surface area contributed by atoms with E-state index in [1.807, 2.05) is 12.1 Å². The van der Waals surface area contributed by atoms with Gasteiger partial charge in [0.1, 0.15) is 0 Å². The van der Waals surface area contributed by atoms with Crippen LogP contribution in [0.1, 0.15) is 42.7 Å². The summed E-state index contributed by atoms with van der Waals surface area (Å²) in [6.45, 7) is 5.96. The van der Waals surface area contributed by atoms with Gasteiger partial charge in [0, 0.05) is 5.02 Å². The van der Waals surface area contributed by atoms with Crippen molar-refractivity contribution in [2.75, 3.05) is 0 Å². The molecule has 0 bridgehead atoms. The van der Waals surface area contributed by atoms with Crippen LogP contribution in [0.15, 0.2) is 30.9 Å². The van der Waals surface area contributed by atoms with Crippen LogP contribution in [-0.4, -0.2) is 0 Å². The molecule has 2 rings (SSSR count). The molecule has 1 aliphatic rings. The van der Waals surface area contributed by atoms with E-state index in [-0.39, 0.29) is 0 Å². The van der Waals surface area contributed by atoms with Crippen molar-refractivity contribution >= 4 is 11.6 Å². The average Bonchev–Trinajstić information content (AvgIpc) is 2.98. The van der Waals surface area contributed by atoms with E-state index in [1.165, 1.54) is 24.0 Å². The minimum atomic E-state index is 0.395. The highest BCUT2D eigenvalue weighted by atomic mass is 35.5. The molecule has 0 radical (unpaired) electrons. The number of hydrogen-bond acceptors (Lipinski definition) is 0. The number of benzene rings is 1. The predicted molar refractivity (Wildman–Crippen MR) is 62.0 cm³/mol. The molecule has 74 valence electrons. The second-order valence-corrected chi connectivity index (χ2v) is 4.55. The highest BCUT2D eigenvalue weighted by molar-refractivity contribution is 6.30. The molecule has 1 fully saturated rings. The number of rotatable bonds is 3. The highest BCUT2D eigenvalue weighted by Crippen LogP contribution is 2.41. The van der Waals surface area contributed by atoms with Crippen molar-refractivity contribution in [2.45, 2.75) is 31.6 Å². The fourth-order valence-corrected chi connectivity index (χ4v) is 1.94. The number of halogens is 1. The molecule has 0 spiro atoms. The zero-order valence-electron chi connectivity index (χ0n) is 8.46. The largest absolute Gasteiger partial charge is 0.102 e. The normalized spacial score (nSPS) is 17.9. The fourth-order valence-electron chi connectivity index (χ4n) is 1.69. The van der Waals surface area contributed by atoms with Gasteiger partial charge < -0.3 is 0 Å². The average molecular weight is 207 g/mol. The topological polar surface area (TPSA) is 0 Å². The van der Waals surface area contributed by atoms with Gasteiger partial charge in [0.25, 0.3) is 0 Å². The Balaban J connectivity index is 2.35. The lowest BCUT2D eigenvalue weighted by atomic mass is 9.98. The van der Waals surface area contributed by atoms with Gasteiger partial charge in [-0.25, -0.2) is 0 Å². The second-order valence-electron chi connectivity index (χ2n) is 4.12. The molecule has 1 aliphatic carbocycles. The van der Waals surface area contributed by atoms with Crippen LogP contribution >= 0.6 is 11.6 Å². The van der Waals surface area contributed by atoms with Crippen LogP contribution in [0.2, 0.25) is 5.02 Å². The van der Waals surface area contributed by atoms with E-state index in [0.717, 1.165) is 10.9 Å². The van der Waals surface area contributed by atoms with Crippen molar-refractivity contribution < 1.29 is 0 Å². The first-order valence-corrected chi connectivity index (χ1v) is 5.51. The first-order chi connectivity index (χ1) is 6.70. The van der Waals surface area contributed by atoms with Gasteiger partial charge in [-0.2, -0.15) is 0 Å². The molecular formula is C13H15Cl. The van der Waals surface area contributed by atoms with Crippen molar-refractivity contribution in [3.63, 3.8) is 0 Å². The van der Waals surface area contributed by atoms with Crippen molar-refractivity contribution in [2.24, 2.45) is 0 Å². The van der Waals surface area contributed by atoms with Gasteiger partial charge in [-0.3, -0.25) is 0 Å². The molecule has 1 heteroatoms. The maximum atomic E-state index is 6.09. The standard InChI is InChI=1S/C13H15Cl/c1-3-9(2)11-6-12(10-4-5-10)8-13(14)7-11/h3,6-10H,1,4-5H2,2H3. The summed E-state index contributed by atoms with van der Waals surface area (Å²) in [6, 6.07) is 6.41. The van der Waals surface area contributed by atoms with E-state index in [9.17, 15) is 0 Å². The molecule has 0 heterocycles. The summed E-state index contributed by atoms with van der Waals surface area (Å²) in [4.78, 5) is 0. The predicted octanol–water partition coefficient (Wildman–Crippen LogP) is 4.51. The molecule has 14 heavy (non-hydrogen) atoms. The van der Waals surface area contributed by atoms with E-state index in [4.69, 9.17) is 11.6 Å². The molecule has 0 N–H and O–H groups in total. The van der Waals surface area contributed by atoms with Gasteiger partial charge in [0.05, 0.1) is 0 Å². The van der Waals surface area contributed by atoms with Crippen molar-refractivity contribution in [3.8, 4) is 0 Å². The Bertz CT molecular complexity index is 350. The Labute approximate surface area is 90.6 Å². The molecule has 1 aromatic carbocycles. The molecule has 0 saturated heterocycles.